The summed E-state index contributed by atoms with van der Waals surface area (Å²) in [5.74, 6) is 0.990. The molecule has 0 aliphatic heterocycles. The molecule has 44 heavy (non-hydrogen) atoms. The smallest absolute Gasteiger partial charge is 0.253 e. The molecule has 0 aliphatic carbocycles. The van der Waals surface area contributed by atoms with Gasteiger partial charge in [-0.3, -0.25) is 9.78 Å². The Hall–Kier alpha value is -4.42. The number of aromatic nitrogens is 1. The Labute approximate surface area is 263 Å². The van der Waals surface area contributed by atoms with Gasteiger partial charge in [0.2, 0.25) is 0 Å². The van der Waals surface area contributed by atoms with Crippen LogP contribution in [0.25, 0.3) is 11.1 Å². The average molecular weight is 613 g/mol. The zero-order chi connectivity index (χ0) is 31.8. The van der Waals surface area contributed by atoms with Gasteiger partial charge in [0.05, 0.1) is 17.2 Å². The van der Waals surface area contributed by atoms with E-state index in [0.717, 1.165) is 38.9 Å². The highest BCUT2D eigenvalue weighted by atomic mass is 35.5. The number of nitrogens with one attached hydrogen (secondary N) is 1. The molecule has 4 rings (SSSR count). The second-order valence-corrected chi connectivity index (χ2v) is 11.3. The van der Waals surface area contributed by atoms with Crippen molar-refractivity contribution in [3.63, 3.8) is 0 Å². The van der Waals surface area contributed by atoms with E-state index in [-0.39, 0.29) is 31.8 Å². The summed E-state index contributed by atoms with van der Waals surface area (Å²) >= 11 is 6.69. The maximum absolute atomic E-state index is 12.7. The van der Waals surface area contributed by atoms with Crippen LogP contribution < -0.4 is 14.8 Å². The number of pyridine rings is 1. The van der Waals surface area contributed by atoms with Crippen molar-refractivity contribution in [1.82, 2.24) is 15.2 Å². The summed E-state index contributed by atoms with van der Waals surface area (Å²) in [6, 6.07) is 19.1. The van der Waals surface area contributed by atoms with Gasteiger partial charge < -0.3 is 24.8 Å². The summed E-state index contributed by atoms with van der Waals surface area (Å²) in [6.07, 6.45) is 3.16. The molecule has 0 spiro atoms. The fourth-order valence-electron chi connectivity index (χ4n) is 4.78. The zero-order valence-corrected chi connectivity index (χ0v) is 26.4. The van der Waals surface area contributed by atoms with E-state index in [1.807, 2.05) is 51.1 Å². The molecule has 4 aromatic rings. The van der Waals surface area contributed by atoms with Gasteiger partial charge in [0.25, 0.3) is 5.91 Å². The molecule has 1 aromatic heterocycles. The van der Waals surface area contributed by atoms with Crippen LogP contribution in [-0.2, 0) is 19.8 Å². The Morgan fingerprint density at radius 2 is 1.70 bits per heavy atom. The highest BCUT2D eigenvalue weighted by Crippen LogP contribution is 2.35. The number of nitrogens with zero attached hydrogens (tertiary/aromatic N) is 3. The van der Waals surface area contributed by atoms with Crippen molar-refractivity contribution in [2.75, 3.05) is 20.7 Å². The molecule has 0 fully saturated rings. The summed E-state index contributed by atoms with van der Waals surface area (Å²) in [6.45, 7) is 6.77. The Balaban J connectivity index is 1.60. The number of halogens is 1. The number of amides is 1. The van der Waals surface area contributed by atoms with Crippen molar-refractivity contribution < 1.29 is 19.4 Å². The molecule has 1 atom stereocenters. The summed E-state index contributed by atoms with van der Waals surface area (Å²) in [5.41, 5.74) is 7.64. The predicted molar refractivity (Wildman–Crippen MR) is 172 cm³/mol. The third kappa shape index (κ3) is 7.74. The normalized spacial score (nSPS) is 11.5. The number of nitriles is 1. The molecule has 2 N–H and O–H groups in total. The lowest BCUT2D eigenvalue weighted by Crippen LogP contribution is -2.28. The lowest BCUT2D eigenvalue weighted by molar-refractivity contribution is 0.0827. The van der Waals surface area contributed by atoms with Crippen molar-refractivity contribution in [3.8, 4) is 28.7 Å². The number of ether oxygens (including phenoxy) is 2. The van der Waals surface area contributed by atoms with Gasteiger partial charge in [-0.2, -0.15) is 5.26 Å². The Kier molecular flexibility index (Phi) is 11.0. The molecule has 0 aliphatic rings. The number of carbonyl (C=O) groups excluding carboxylic acids is 1. The molecular formula is C35H37ClN4O4. The minimum absolute atomic E-state index is 0.00800. The second-order valence-electron chi connectivity index (χ2n) is 10.9. The van der Waals surface area contributed by atoms with E-state index in [1.165, 1.54) is 6.20 Å². The summed E-state index contributed by atoms with van der Waals surface area (Å²) in [7, 11) is 3.50. The van der Waals surface area contributed by atoms with Crippen LogP contribution in [0.3, 0.4) is 0 Å². The highest BCUT2D eigenvalue weighted by Gasteiger charge is 2.17. The van der Waals surface area contributed by atoms with E-state index in [4.69, 9.17) is 21.1 Å². The largest absolute Gasteiger partial charge is 0.488 e. The third-order valence-electron chi connectivity index (χ3n) is 7.44. The summed E-state index contributed by atoms with van der Waals surface area (Å²) < 4.78 is 12.4. The molecule has 228 valence electrons. The van der Waals surface area contributed by atoms with E-state index < -0.39 is 0 Å². The van der Waals surface area contributed by atoms with Crippen molar-refractivity contribution in [1.29, 1.82) is 5.26 Å². The van der Waals surface area contributed by atoms with E-state index in [9.17, 15) is 15.2 Å². The van der Waals surface area contributed by atoms with Crippen LogP contribution in [0.15, 0.2) is 67.0 Å². The molecule has 8 nitrogen and oxygen atoms in total. The number of aliphatic hydroxyl groups is 1. The lowest BCUT2D eigenvalue weighted by Gasteiger charge is -2.19. The van der Waals surface area contributed by atoms with Crippen LogP contribution in [0.4, 0.5) is 0 Å². The van der Waals surface area contributed by atoms with Crippen LogP contribution in [0.5, 0.6) is 11.5 Å². The number of benzene rings is 3. The fraction of sp³-hybridized carbons (Fsp3) is 0.286. The molecule has 1 amide bonds. The maximum atomic E-state index is 12.7. The number of hydrogen-bond acceptors (Lipinski definition) is 7. The molecule has 1 unspecified atom stereocenters. The van der Waals surface area contributed by atoms with Gasteiger partial charge in [0, 0.05) is 61.8 Å². The first-order chi connectivity index (χ1) is 21.1. The van der Waals surface area contributed by atoms with Crippen molar-refractivity contribution in [2.24, 2.45) is 0 Å². The second kappa shape index (κ2) is 14.8. The number of rotatable bonds is 12. The van der Waals surface area contributed by atoms with E-state index in [0.29, 0.717) is 34.2 Å². The minimum atomic E-state index is -0.116. The number of hydrogen-bond donors (Lipinski definition) is 2. The molecule has 1 heterocycles. The van der Waals surface area contributed by atoms with E-state index in [2.05, 4.69) is 22.4 Å². The maximum Gasteiger partial charge on any atom is 0.253 e. The molecule has 9 heteroatoms. The Bertz CT molecular complexity index is 1680. The SMILES string of the molecule is Cc1c(COc2cc(OCc3cncc(C#N)c3)c(CNC(C)CO)cc2Cl)cccc1-c1cccc(C(=O)N(C)C)c1C. The zero-order valence-electron chi connectivity index (χ0n) is 25.6. The van der Waals surface area contributed by atoms with Crippen molar-refractivity contribution in [3.05, 3.63) is 111 Å². The number of carbonyl (C=O) groups is 1. The predicted octanol–water partition coefficient (Wildman–Crippen LogP) is 6.22. The first-order valence-corrected chi connectivity index (χ1v) is 14.7. The lowest BCUT2D eigenvalue weighted by atomic mass is 9.91. The van der Waals surface area contributed by atoms with E-state index >= 15 is 0 Å². The van der Waals surface area contributed by atoms with Gasteiger partial charge in [-0.05, 0) is 66.8 Å². The summed E-state index contributed by atoms with van der Waals surface area (Å²) in [4.78, 5) is 18.4. The summed E-state index contributed by atoms with van der Waals surface area (Å²) in [5, 5.41) is 22.4. The first kappa shape index (κ1) is 32.5. The molecule has 0 radical (unpaired) electrons. The fourth-order valence-corrected chi connectivity index (χ4v) is 5.02. The van der Waals surface area contributed by atoms with Crippen LogP contribution in [-0.4, -0.2) is 47.6 Å². The Morgan fingerprint density at radius 3 is 2.41 bits per heavy atom. The quantitative estimate of drug-likeness (QED) is 0.195. The number of aliphatic hydroxyl groups excluding tert-OH is 1. The van der Waals surface area contributed by atoms with Crippen molar-refractivity contribution >= 4 is 17.5 Å². The van der Waals surface area contributed by atoms with Crippen LogP contribution in [0.1, 0.15) is 50.7 Å². The first-order valence-electron chi connectivity index (χ1n) is 14.3. The van der Waals surface area contributed by atoms with Crippen LogP contribution in [0, 0.1) is 25.2 Å². The molecule has 0 saturated carbocycles. The van der Waals surface area contributed by atoms with Gasteiger partial charge >= 0.3 is 0 Å². The Morgan fingerprint density at radius 1 is 1.00 bits per heavy atom. The van der Waals surface area contributed by atoms with Crippen LogP contribution in [0.2, 0.25) is 5.02 Å². The minimum Gasteiger partial charge on any atom is -0.488 e. The monoisotopic (exact) mass is 612 g/mol. The van der Waals surface area contributed by atoms with Gasteiger partial charge in [-0.1, -0.05) is 41.9 Å². The molecule has 0 bridgehead atoms. The average Bonchev–Trinajstić information content (AvgIpc) is 3.03. The molecule has 0 saturated heterocycles. The standard InChI is InChI=1S/C35H37ClN4O4/c1-22(19-41)39-18-28-13-32(36)34(14-33(28)43-20-26-12-25(15-37)16-38-17-26)44-21-27-8-6-9-29(23(27)2)30-10-7-11-31(24(30)3)35(42)40(4)5/h6-14,16-17,22,39,41H,18-21H2,1-5H3. The highest BCUT2D eigenvalue weighted by molar-refractivity contribution is 6.32. The third-order valence-corrected chi connectivity index (χ3v) is 7.73. The topological polar surface area (TPSA) is 108 Å². The molecule has 3 aromatic carbocycles. The van der Waals surface area contributed by atoms with Gasteiger partial charge in [-0.15, -0.1) is 0 Å². The van der Waals surface area contributed by atoms with Crippen LogP contribution >= 0.6 is 11.6 Å². The van der Waals surface area contributed by atoms with Gasteiger partial charge in [-0.25, -0.2) is 0 Å². The van der Waals surface area contributed by atoms with Gasteiger partial charge in [0.1, 0.15) is 30.8 Å². The molecular weight excluding hydrogens is 576 g/mol. The van der Waals surface area contributed by atoms with E-state index in [1.54, 1.807) is 43.4 Å². The van der Waals surface area contributed by atoms with Gasteiger partial charge in [0.15, 0.2) is 0 Å². The van der Waals surface area contributed by atoms with Crippen molar-refractivity contribution in [2.45, 2.75) is 46.6 Å².